The molecule has 2 nitrogen and oxygen atoms in total. The molecule has 1 heterocycles. The lowest BCUT2D eigenvalue weighted by Gasteiger charge is -2.19. The van der Waals surface area contributed by atoms with Gasteiger partial charge in [0.2, 0.25) is 0 Å². The molecule has 2 aliphatic rings. The van der Waals surface area contributed by atoms with E-state index in [1.807, 2.05) is 7.11 Å². The summed E-state index contributed by atoms with van der Waals surface area (Å²) in [4.78, 5) is 2.54. The molecule has 0 bridgehead atoms. The molecule has 1 fully saturated rings. The normalized spacial score (nSPS) is 30.8. The summed E-state index contributed by atoms with van der Waals surface area (Å²) in [6.45, 7) is 5.80. The Morgan fingerprint density at radius 1 is 1.24 bits per heavy atom. The Hall–Kier alpha value is -0.570. The Labute approximate surface area is 109 Å². The van der Waals surface area contributed by atoms with Crippen molar-refractivity contribution in [3.8, 4) is 0 Å². The van der Waals surface area contributed by atoms with Gasteiger partial charge in [0.25, 0.3) is 0 Å². The fourth-order valence-corrected chi connectivity index (χ4v) is 3.45. The zero-order valence-electron chi connectivity index (χ0n) is 10.4. The van der Waals surface area contributed by atoms with Gasteiger partial charge in [0, 0.05) is 32.0 Å². The van der Waals surface area contributed by atoms with Gasteiger partial charge in [-0.1, -0.05) is 31.2 Å². The molecule has 3 atom stereocenters. The summed E-state index contributed by atoms with van der Waals surface area (Å²) >= 11 is 0. The van der Waals surface area contributed by atoms with Gasteiger partial charge in [0.05, 0.1) is 6.10 Å². The second-order valence-electron chi connectivity index (χ2n) is 4.91. The van der Waals surface area contributed by atoms with Gasteiger partial charge in [-0.25, -0.2) is 0 Å². The Balaban J connectivity index is 0.00000108. The maximum atomic E-state index is 5.72. The van der Waals surface area contributed by atoms with Crippen LogP contribution in [0.4, 0.5) is 0 Å². The van der Waals surface area contributed by atoms with Crippen molar-refractivity contribution < 1.29 is 4.74 Å². The van der Waals surface area contributed by atoms with E-state index in [2.05, 4.69) is 36.1 Å². The van der Waals surface area contributed by atoms with Gasteiger partial charge >= 0.3 is 0 Å². The number of likely N-dealkylation sites (tertiary alicyclic amines) is 1. The lowest BCUT2D eigenvalue weighted by Crippen LogP contribution is -2.22. The molecule has 1 aliphatic carbocycles. The van der Waals surface area contributed by atoms with Gasteiger partial charge in [-0.2, -0.15) is 0 Å². The average Bonchev–Trinajstić information content (AvgIpc) is 2.85. The monoisotopic (exact) mass is 253 g/mol. The molecule has 0 aromatic heterocycles. The first-order valence-electron chi connectivity index (χ1n) is 6.19. The number of likely N-dealkylation sites (N-methyl/N-ethyl adjacent to an activating group) is 1. The topological polar surface area (TPSA) is 12.5 Å². The molecule has 0 amide bonds. The molecular formula is C14H20ClNO. The summed E-state index contributed by atoms with van der Waals surface area (Å²) in [6, 6.07) is 8.80. The predicted molar refractivity (Wildman–Crippen MR) is 71.8 cm³/mol. The van der Waals surface area contributed by atoms with Crippen LogP contribution in [0, 0.1) is 5.92 Å². The molecule has 0 N–H and O–H groups in total. The number of halogens is 1. The molecule has 0 radical (unpaired) electrons. The molecule has 1 saturated heterocycles. The maximum absolute atomic E-state index is 5.72. The van der Waals surface area contributed by atoms with Crippen molar-refractivity contribution >= 4 is 12.4 Å². The first kappa shape index (κ1) is 12.9. The van der Waals surface area contributed by atoms with Gasteiger partial charge < -0.3 is 9.64 Å². The van der Waals surface area contributed by atoms with Crippen LogP contribution in [0.2, 0.25) is 0 Å². The first-order chi connectivity index (χ1) is 7.85. The highest BCUT2D eigenvalue weighted by Gasteiger charge is 2.45. The first-order valence-corrected chi connectivity index (χ1v) is 6.19. The van der Waals surface area contributed by atoms with Crippen LogP contribution in [0.25, 0.3) is 0 Å². The molecular weight excluding hydrogens is 234 g/mol. The number of ether oxygens (including phenoxy) is 1. The van der Waals surface area contributed by atoms with Crippen LogP contribution >= 0.6 is 12.4 Å². The third kappa shape index (κ3) is 1.88. The maximum Gasteiger partial charge on any atom is 0.0870 e. The Morgan fingerprint density at radius 3 is 2.59 bits per heavy atom. The van der Waals surface area contributed by atoms with Gasteiger partial charge in [-0.3, -0.25) is 0 Å². The lowest BCUT2D eigenvalue weighted by molar-refractivity contribution is 0.0606. The molecule has 17 heavy (non-hydrogen) atoms. The van der Waals surface area contributed by atoms with Gasteiger partial charge in [0.15, 0.2) is 0 Å². The molecule has 1 aromatic carbocycles. The van der Waals surface area contributed by atoms with Crippen molar-refractivity contribution in [2.75, 3.05) is 26.7 Å². The van der Waals surface area contributed by atoms with E-state index < -0.39 is 0 Å². The van der Waals surface area contributed by atoms with Gasteiger partial charge in [0.1, 0.15) is 0 Å². The minimum atomic E-state index is 0. The molecule has 0 saturated carbocycles. The minimum absolute atomic E-state index is 0. The van der Waals surface area contributed by atoms with Crippen LogP contribution in [0.5, 0.6) is 0 Å². The molecule has 94 valence electrons. The molecule has 0 spiro atoms. The molecule has 3 rings (SSSR count). The molecule has 1 aliphatic heterocycles. The van der Waals surface area contributed by atoms with E-state index in [0.717, 1.165) is 6.54 Å². The number of hydrogen-bond donors (Lipinski definition) is 0. The highest BCUT2D eigenvalue weighted by Crippen LogP contribution is 2.50. The van der Waals surface area contributed by atoms with E-state index in [4.69, 9.17) is 4.74 Å². The third-order valence-corrected chi connectivity index (χ3v) is 4.23. The van der Waals surface area contributed by atoms with Crippen molar-refractivity contribution in [2.24, 2.45) is 5.92 Å². The van der Waals surface area contributed by atoms with E-state index in [-0.39, 0.29) is 12.4 Å². The average molecular weight is 254 g/mol. The van der Waals surface area contributed by atoms with Crippen LogP contribution in [-0.4, -0.2) is 31.6 Å². The smallest absolute Gasteiger partial charge is 0.0870 e. The zero-order chi connectivity index (χ0) is 11.1. The lowest BCUT2D eigenvalue weighted by atomic mass is 9.96. The van der Waals surface area contributed by atoms with Crippen molar-refractivity contribution in [2.45, 2.75) is 18.9 Å². The zero-order valence-corrected chi connectivity index (χ0v) is 11.2. The van der Waals surface area contributed by atoms with Crippen molar-refractivity contribution in [1.29, 1.82) is 0 Å². The second kappa shape index (κ2) is 4.97. The van der Waals surface area contributed by atoms with Crippen molar-refractivity contribution in [1.82, 2.24) is 4.90 Å². The number of benzene rings is 1. The Bertz CT molecular complexity index is 396. The van der Waals surface area contributed by atoms with Gasteiger partial charge in [-0.05, 0) is 17.7 Å². The predicted octanol–water partition coefficient (Wildman–Crippen LogP) is 2.84. The summed E-state index contributed by atoms with van der Waals surface area (Å²) in [5.74, 6) is 1.36. The van der Waals surface area contributed by atoms with Gasteiger partial charge in [-0.15, -0.1) is 12.4 Å². The number of hydrogen-bond acceptors (Lipinski definition) is 2. The number of fused-ring (bicyclic) bond motifs is 3. The van der Waals surface area contributed by atoms with Crippen LogP contribution in [0.15, 0.2) is 24.3 Å². The fraction of sp³-hybridized carbons (Fsp3) is 0.571. The highest BCUT2D eigenvalue weighted by atomic mass is 35.5. The summed E-state index contributed by atoms with van der Waals surface area (Å²) < 4.78 is 5.72. The van der Waals surface area contributed by atoms with Crippen LogP contribution in [0.3, 0.4) is 0 Å². The minimum Gasteiger partial charge on any atom is -0.376 e. The summed E-state index contributed by atoms with van der Waals surface area (Å²) in [6.07, 6.45) is 0.317. The standard InChI is InChI=1S/C14H19NO.ClH/c1-3-15-8-12-10-6-4-5-7-11(10)14(16-2)13(12)9-15;/h4-7,12-14H,3,8-9H2,1-2H3;1H. The van der Waals surface area contributed by atoms with E-state index in [1.54, 1.807) is 0 Å². The van der Waals surface area contributed by atoms with Crippen molar-refractivity contribution in [3.63, 3.8) is 0 Å². The third-order valence-electron chi connectivity index (χ3n) is 4.23. The van der Waals surface area contributed by atoms with E-state index in [1.165, 1.54) is 24.2 Å². The second-order valence-corrected chi connectivity index (χ2v) is 4.91. The van der Waals surface area contributed by atoms with E-state index in [0.29, 0.717) is 17.9 Å². The Kier molecular flexibility index (Phi) is 3.76. The summed E-state index contributed by atoms with van der Waals surface area (Å²) in [5.41, 5.74) is 2.95. The number of rotatable bonds is 2. The quantitative estimate of drug-likeness (QED) is 0.804. The van der Waals surface area contributed by atoms with E-state index in [9.17, 15) is 0 Å². The Morgan fingerprint density at radius 2 is 1.94 bits per heavy atom. The largest absolute Gasteiger partial charge is 0.376 e. The van der Waals surface area contributed by atoms with E-state index >= 15 is 0 Å². The van der Waals surface area contributed by atoms with Crippen LogP contribution in [-0.2, 0) is 4.74 Å². The highest BCUT2D eigenvalue weighted by molar-refractivity contribution is 5.85. The molecule has 3 heteroatoms. The van der Waals surface area contributed by atoms with Crippen LogP contribution in [0.1, 0.15) is 30.1 Å². The number of nitrogens with zero attached hydrogens (tertiary/aromatic N) is 1. The van der Waals surface area contributed by atoms with Crippen molar-refractivity contribution in [3.05, 3.63) is 35.4 Å². The fourth-order valence-electron chi connectivity index (χ4n) is 3.45. The number of methoxy groups -OCH3 is 1. The summed E-state index contributed by atoms with van der Waals surface area (Å²) in [5, 5.41) is 0. The molecule has 1 aromatic rings. The van der Waals surface area contributed by atoms with Crippen LogP contribution < -0.4 is 0 Å². The summed E-state index contributed by atoms with van der Waals surface area (Å²) in [7, 11) is 1.85. The molecule has 3 unspecified atom stereocenters. The SMILES string of the molecule is CCN1CC2c3ccccc3C(OC)C2C1.Cl.